The molecule has 178 valence electrons. The van der Waals surface area contributed by atoms with E-state index in [4.69, 9.17) is 23.7 Å². The van der Waals surface area contributed by atoms with Gasteiger partial charge in [0, 0.05) is 0 Å². The van der Waals surface area contributed by atoms with E-state index in [1.165, 1.54) is 0 Å². The fourth-order valence-electron chi connectivity index (χ4n) is 3.55. The van der Waals surface area contributed by atoms with Gasteiger partial charge >= 0.3 is 6.09 Å². The number of nitrogens with one attached hydrogen (secondary N) is 1. The molecule has 3 aromatic carbocycles. The Morgan fingerprint density at radius 3 is 1.85 bits per heavy atom. The Balaban J connectivity index is 1.82. The zero-order valence-corrected chi connectivity index (χ0v) is 20.2. The first kappa shape index (κ1) is 24.5. The SMILES string of the molecule is COc1ccc(/C=C\c2cc(OC)c(OC)c(OC)c2)cc1NC(=O)Oc1cc(C)cc(C)c1. The Labute approximate surface area is 199 Å². The standard InChI is InChI=1S/C27H29NO6/c1-17-11-18(2)13-21(12-17)34-27(29)28-22-14-19(9-10-23(22)30-3)7-8-20-15-24(31-4)26(33-6)25(16-20)32-5/h7-16H,1-6H3,(H,28,29)/b8-7-. The maximum absolute atomic E-state index is 12.5. The number of hydrogen-bond donors (Lipinski definition) is 1. The highest BCUT2D eigenvalue weighted by Crippen LogP contribution is 2.38. The summed E-state index contributed by atoms with van der Waals surface area (Å²) in [6, 6.07) is 14.8. The van der Waals surface area contributed by atoms with E-state index in [0.29, 0.717) is 34.4 Å². The number of methoxy groups -OCH3 is 4. The van der Waals surface area contributed by atoms with Crippen molar-refractivity contribution in [3.8, 4) is 28.7 Å². The van der Waals surface area contributed by atoms with Gasteiger partial charge < -0.3 is 23.7 Å². The number of aryl methyl sites for hydroxylation is 2. The number of carbonyl (C=O) groups excluding carboxylic acids is 1. The van der Waals surface area contributed by atoms with Gasteiger partial charge in [0.2, 0.25) is 5.75 Å². The highest BCUT2D eigenvalue weighted by atomic mass is 16.6. The Bertz CT molecular complexity index is 1160. The molecular weight excluding hydrogens is 434 g/mol. The number of rotatable bonds is 8. The van der Waals surface area contributed by atoms with E-state index in [9.17, 15) is 4.79 Å². The van der Waals surface area contributed by atoms with Crippen molar-refractivity contribution in [2.45, 2.75) is 13.8 Å². The van der Waals surface area contributed by atoms with Crippen LogP contribution in [0.25, 0.3) is 12.2 Å². The quantitative estimate of drug-likeness (QED) is 0.406. The molecule has 1 N–H and O–H groups in total. The third-order valence-corrected chi connectivity index (χ3v) is 5.02. The van der Waals surface area contributed by atoms with Crippen molar-refractivity contribution < 1.29 is 28.5 Å². The van der Waals surface area contributed by atoms with E-state index >= 15 is 0 Å². The maximum Gasteiger partial charge on any atom is 0.417 e. The molecule has 0 fully saturated rings. The van der Waals surface area contributed by atoms with Crippen molar-refractivity contribution in [3.05, 3.63) is 70.8 Å². The Kier molecular flexibility index (Phi) is 8.03. The lowest BCUT2D eigenvalue weighted by molar-refractivity contribution is 0.215. The van der Waals surface area contributed by atoms with Gasteiger partial charge in [-0.3, -0.25) is 5.32 Å². The number of ether oxygens (including phenoxy) is 5. The third-order valence-electron chi connectivity index (χ3n) is 5.02. The lowest BCUT2D eigenvalue weighted by Gasteiger charge is -2.13. The second kappa shape index (κ2) is 11.1. The zero-order chi connectivity index (χ0) is 24.7. The largest absolute Gasteiger partial charge is 0.495 e. The minimum absolute atomic E-state index is 0.479. The molecule has 1 amide bonds. The molecule has 7 nitrogen and oxygen atoms in total. The van der Waals surface area contributed by atoms with Gasteiger partial charge in [-0.15, -0.1) is 0 Å². The lowest BCUT2D eigenvalue weighted by atomic mass is 10.1. The molecule has 0 bridgehead atoms. The average Bonchev–Trinajstić information content (AvgIpc) is 2.81. The zero-order valence-electron chi connectivity index (χ0n) is 20.2. The molecule has 0 saturated carbocycles. The van der Waals surface area contributed by atoms with Crippen LogP contribution in [0, 0.1) is 13.8 Å². The van der Waals surface area contributed by atoms with Crippen LogP contribution in [-0.4, -0.2) is 34.5 Å². The van der Waals surface area contributed by atoms with Crippen molar-refractivity contribution in [1.29, 1.82) is 0 Å². The Morgan fingerprint density at radius 2 is 1.29 bits per heavy atom. The van der Waals surface area contributed by atoms with Crippen molar-refractivity contribution in [2.75, 3.05) is 33.8 Å². The van der Waals surface area contributed by atoms with E-state index in [1.807, 2.05) is 50.3 Å². The van der Waals surface area contributed by atoms with Crippen molar-refractivity contribution >= 4 is 23.9 Å². The molecule has 0 spiro atoms. The predicted molar refractivity (Wildman–Crippen MR) is 134 cm³/mol. The van der Waals surface area contributed by atoms with Crippen LogP contribution in [0.2, 0.25) is 0 Å². The molecule has 0 aliphatic heterocycles. The van der Waals surface area contributed by atoms with Crippen LogP contribution in [0.15, 0.2) is 48.5 Å². The Morgan fingerprint density at radius 1 is 0.706 bits per heavy atom. The molecule has 0 atom stereocenters. The molecule has 0 aliphatic carbocycles. The van der Waals surface area contributed by atoms with E-state index in [-0.39, 0.29) is 0 Å². The van der Waals surface area contributed by atoms with Crippen molar-refractivity contribution in [1.82, 2.24) is 0 Å². The van der Waals surface area contributed by atoms with Crippen LogP contribution in [0.5, 0.6) is 28.7 Å². The van der Waals surface area contributed by atoms with Crippen LogP contribution in [0.1, 0.15) is 22.3 Å². The molecule has 0 aromatic heterocycles. The van der Waals surface area contributed by atoms with Gasteiger partial charge in [0.15, 0.2) is 11.5 Å². The summed E-state index contributed by atoms with van der Waals surface area (Å²) in [6.07, 6.45) is 3.21. The van der Waals surface area contributed by atoms with Gasteiger partial charge in [-0.05, 0) is 72.5 Å². The van der Waals surface area contributed by atoms with Gasteiger partial charge in [-0.2, -0.15) is 0 Å². The summed E-state index contributed by atoms with van der Waals surface area (Å²) in [6.45, 7) is 3.90. The van der Waals surface area contributed by atoms with Crippen LogP contribution in [-0.2, 0) is 0 Å². The smallest absolute Gasteiger partial charge is 0.417 e. The van der Waals surface area contributed by atoms with E-state index < -0.39 is 6.09 Å². The molecule has 34 heavy (non-hydrogen) atoms. The van der Waals surface area contributed by atoms with Crippen LogP contribution >= 0.6 is 0 Å². The fraction of sp³-hybridized carbons (Fsp3) is 0.222. The maximum atomic E-state index is 12.5. The van der Waals surface area contributed by atoms with Crippen molar-refractivity contribution in [3.63, 3.8) is 0 Å². The number of amides is 1. The molecule has 0 unspecified atom stereocenters. The summed E-state index contributed by atoms with van der Waals surface area (Å²) in [7, 11) is 6.25. The minimum Gasteiger partial charge on any atom is -0.495 e. The van der Waals surface area contributed by atoms with E-state index in [2.05, 4.69) is 5.32 Å². The normalized spacial score (nSPS) is 10.6. The van der Waals surface area contributed by atoms with Crippen molar-refractivity contribution in [2.24, 2.45) is 0 Å². The van der Waals surface area contributed by atoms with Gasteiger partial charge in [0.05, 0.1) is 34.1 Å². The summed E-state index contributed by atoms with van der Waals surface area (Å²) < 4.78 is 27.0. The summed E-state index contributed by atoms with van der Waals surface area (Å²) in [5, 5.41) is 2.76. The summed E-state index contributed by atoms with van der Waals surface area (Å²) in [5.41, 5.74) is 4.22. The summed E-state index contributed by atoms with van der Waals surface area (Å²) in [5.74, 6) is 2.65. The van der Waals surface area contributed by atoms with Crippen LogP contribution in [0.4, 0.5) is 10.5 Å². The minimum atomic E-state index is -0.603. The highest BCUT2D eigenvalue weighted by molar-refractivity contribution is 5.89. The number of hydrogen-bond acceptors (Lipinski definition) is 6. The predicted octanol–water partition coefficient (Wildman–Crippen LogP) is 6.12. The van der Waals surface area contributed by atoms with Gasteiger partial charge in [0.1, 0.15) is 11.5 Å². The van der Waals surface area contributed by atoms with Gasteiger partial charge in [-0.25, -0.2) is 4.79 Å². The molecule has 3 aromatic rings. The number of carbonyl (C=O) groups is 1. The van der Waals surface area contributed by atoms with E-state index in [1.54, 1.807) is 52.7 Å². The molecule has 0 aliphatic rings. The number of benzene rings is 3. The van der Waals surface area contributed by atoms with Crippen LogP contribution < -0.4 is 29.0 Å². The molecule has 0 heterocycles. The number of anilines is 1. The molecule has 7 heteroatoms. The van der Waals surface area contributed by atoms with Crippen LogP contribution in [0.3, 0.4) is 0 Å². The fourth-order valence-corrected chi connectivity index (χ4v) is 3.55. The molecule has 0 saturated heterocycles. The first-order valence-electron chi connectivity index (χ1n) is 10.6. The summed E-state index contributed by atoms with van der Waals surface area (Å²) >= 11 is 0. The Hall–Kier alpha value is -4.13. The molecule has 3 rings (SSSR count). The highest BCUT2D eigenvalue weighted by Gasteiger charge is 2.13. The second-order valence-electron chi connectivity index (χ2n) is 7.59. The summed E-state index contributed by atoms with van der Waals surface area (Å²) in [4.78, 5) is 12.5. The first-order valence-corrected chi connectivity index (χ1v) is 10.6. The monoisotopic (exact) mass is 463 g/mol. The second-order valence-corrected chi connectivity index (χ2v) is 7.59. The average molecular weight is 464 g/mol. The lowest BCUT2D eigenvalue weighted by Crippen LogP contribution is -2.17. The van der Waals surface area contributed by atoms with Gasteiger partial charge in [0.25, 0.3) is 0 Å². The first-order chi connectivity index (χ1) is 16.4. The topological polar surface area (TPSA) is 75.3 Å². The molecule has 0 radical (unpaired) electrons. The third kappa shape index (κ3) is 6.01. The van der Waals surface area contributed by atoms with E-state index in [0.717, 1.165) is 22.3 Å². The molecular formula is C27H29NO6. The van der Waals surface area contributed by atoms with Gasteiger partial charge in [-0.1, -0.05) is 24.3 Å².